The van der Waals surface area contributed by atoms with Gasteiger partial charge in [-0.2, -0.15) is 0 Å². The number of nitrogens with one attached hydrogen (secondary N) is 1. The Morgan fingerprint density at radius 3 is 3.00 bits per heavy atom. The van der Waals surface area contributed by atoms with Crippen LogP contribution in [0.4, 0.5) is 5.69 Å². The number of fused-ring (bicyclic) bond motifs is 1. The van der Waals surface area contributed by atoms with Crippen LogP contribution in [0.25, 0.3) is 0 Å². The van der Waals surface area contributed by atoms with Crippen molar-refractivity contribution in [1.82, 2.24) is 0 Å². The molecule has 2 unspecified atom stereocenters. The van der Waals surface area contributed by atoms with Crippen LogP contribution in [0.15, 0.2) is 22.7 Å². The van der Waals surface area contributed by atoms with Crippen molar-refractivity contribution >= 4 is 21.6 Å². The summed E-state index contributed by atoms with van der Waals surface area (Å²) in [7, 11) is 0. The Labute approximate surface area is 98.8 Å². The van der Waals surface area contributed by atoms with Gasteiger partial charge in [-0.05, 0) is 31.5 Å². The van der Waals surface area contributed by atoms with Crippen LogP contribution in [-0.4, -0.2) is 10.6 Å². The van der Waals surface area contributed by atoms with E-state index in [1.54, 1.807) is 0 Å². The summed E-state index contributed by atoms with van der Waals surface area (Å²) < 4.78 is 1.02. The molecule has 15 heavy (non-hydrogen) atoms. The molecule has 0 bridgehead atoms. The number of aliphatic hydroxyl groups excluding tert-OH is 1. The Morgan fingerprint density at radius 2 is 2.33 bits per heavy atom. The van der Waals surface area contributed by atoms with Crippen molar-refractivity contribution in [2.24, 2.45) is 0 Å². The van der Waals surface area contributed by atoms with E-state index in [1.807, 2.05) is 18.2 Å². The fourth-order valence-corrected chi connectivity index (χ4v) is 2.45. The van der Waals surface area contributed by atoms with Crippen molar-refractivity contribution in [3.63, 3.8) is 0 Å². The lowest BCUT2D eigenvalue weighted by Gasteiger charge is -2.39. The van der Waals surface area contributed by atoms with E-state index < -0.39 is 0 Å². The first-order valence-corrected chi connectivity index (χ1v) is 6.09. The van der Waals surface area contributed by atoms with Crippen LogP contribution in [0.2, 0.25) is 0 Å². The van der Waals surface area contributed by atoms with Gasteiger partial charge in [0.25, 0.3) is 0 Å². The number of hydrogen-bond acceptors (Lipinski definition) is 2. The van der Waals surface area contributed by atoms with E-state index >= 15 is 0 Å². The first-order valence-electron chi connectivity index (χ1n) is 5.30. The minimum absolute atomic E-state index is 0.0141. The number of anilines is 1. The molecule has 2 atom stereocenters. The van der Waals surface area contributed by atoms with Crippen LogP contribution in [0.1, 0.15) is 38.4 Å². The highest BCUT2D eigenvalue weighted by molar-refractivity contribution is 9.10. The largest absolute Gasteiger partial charge is 0.388 e. The third kappa shape index (κ3) is 2.04. The van der Waals surface area contributed by atoms with Crippen LogP contribution in [0.3, 0.4) is 0 Å². The molecule has 0 saturated heterocycles. The fraction of sp³-hybridized carbons (Fsp3) is 0.500. The first-order chi connectivity index (χ1) is 7.04. The third-order valence-corrected chi connectivity index (χ3v) is 3.73. The van der Waals surface area contributed by atoms with E-state index in [-0.39, 0.29) is 11.6 Å². The zero-order valence-electron chi connectivity index (χ0n) is 9.05. The highest BCUT2D eigenvalue weighted by atomic mass is 79.9. The summed E-state index contributed by atoms with van der Waals surface area (Å²) in [6.45, 7) is 4.30. The summed E-state index contributed by atoms with van der Waals surface area (Å²) in [6, 6.07) is 6.01. The van der Waals surface area contributed by atoms with E-state index in [4.69, 9.17) is 0 Å². The van der Waals surface area contributed by atoms with Crippen LogP contribution in [0.5, 0.6) is 0 Å². The van der Waals surface area contributed by atoms with Gasteiger partial charge in [-0.1, -0.05) is 22.9 Å². The van der Waals surface area contributed by atoms with Crippen molar-refractivity contribution in [1.29, 1.82) is 0 Å². The Hall–Kier alpha value is -0.540. The molecule has 1 aliphatic heterocycles. The quantitative estimate of drug-likeness (QED) is 0.819. The molecule has 0 radical (unpaired) electrons. The lowest BCUT2D eigenvalue weighted by Crippen LogP contribution is -2.39. The predicted octanol–water partition coefficient (Wildman–Crippen LogP) is 3.47. The number of halogens is 1. The van der Waals surface area contributed by atoms with Gasteiger partial charge in [-0.25, -0.2) is 0 Å². The minimum atomic E-state index is -0.358. The Kier molecular flexibility index (Phi) is 2.77. The molecule has 1 aromatic rings. The normalized spacial score (nSPS) is 29.5. The van der Waals surface area contributed by atoms with E-state index in [0.717, 1.165) is 28.6 Å². The Morgan fingerprint density at radius 1 is 1.60 bits per heavy atom. The molecule has 0 fully saturated rings. The van der Waals surface area contributed by atoms with Crippen LogP contribution < -0.4 is 5.32 Å². The van der Waals surface area contributed by atoms with Crippen molar-refractivity contribution in [2.75, 3.05) is 5.32 Å². The summed E-state index contributed by atoms with van der Waals surface area (Å²) >= 11 is 3.42. The lowest BCUT2D eigenvalue weighted by atomic mass is 9.84. The zero-order valence-corrected chi connectivity index (χ0v) is 10.6. The molecule has 1 aromatic carbocycles. The van der Waals surface area contributed by atoms with Crippen LogP contribution in [0, 0.1) is 0 Å². The van der Waals surface area contributed by atoms with Gasteiger partial charge >= 0.3 is 0 Å². The highest BCUT2D eigenvalue weighted by Gasteiger charge is 2.32. The summed E-state index contributed by atoms with van der Waals surface area (Å²) in [6.07, 6.45) is 1.43. The standard InChI is InChI=1S/C12H16BrNO/c1-3-12(2)7-11(15)9-6-8(13)4-5-10(9)14-12/h4-6,11,14-15H,3,7H2,1-2H3. The lowest BCUT2D eigenvalue weighted by molar-refractivity contribution is 0.135. The number of hydrogen-bond donors (Lipinski definition) is 2. The SMILES string of the molecule is CCC1(C)CC(O)c2cc(Br)ccc2N1. The molecular weight excluding hydrogens is 254 g/mol. The van der Waals surface area contributed by atoms with E-state index in [1.165, 1.54) is 0 Å². The topological polar surface area (TPSA) is 32.3 Å². The van der Waals surface area contributed by atoms with Crippen molar-refractivity contribution in [3.8, 4) is 0 Å². The molecular formula is C12H16BrNO. The summed E-state index contributed by atoms with van der Waals surface area (Å²) in [5, 5.41) is 13.6. The zero-order chi connectivity index (χ0) is 11.1. The average molecular weight is 270 g/mol. The second-order valence-electron chi connectivity index (χ2n) is 4.49. The molecule has 0 amide bonds. The van der Waals surface area contributed by atoms with Gasteiger partial charge in [0.1, 0.15) is 0 Å². The molecule has 2 nitrogen and oxygen atoms in total. The van der Waals surface area contributed by atoms with Gasteiger partial charge in [-0.3, -0.25) is 0 Å². The maximum absolute atomic E-state index is 10.1. The molecule has 0 spiro atoms. The van der Waals surface area contributed by atoms with Gasteiger partial charge in [-0.15, -0.1) is 0 Å². The monoisotopic (exact) mass is 269 g/mol. The number of benzene rings is 1. The van der Waals surface area contributed by atoms with Gasteiger partial charge in [0.2, 0.25) is 0 Å². The predicted molar refractivity (Wildman–Crippen MR) is 66.0 cm³/mol. The number of aliphatic hydroxyl groups is 1. The Balaban J connectivity index is 2.41. The second kappa shape index (κ2) is 3.80. The molecule has 1 aliphatic rings. The maximum atomic E-state index is 10.1. The first kappa shape index (κ1) is 11.0. The highest BCUT2D eigenvalue weighted by Crippen LogP contribution is 2.39. The van der Waals surface area contributed by atoms with E-state index in [2.05, 4.69) is 35.1 Å². The van der Waals surface area contributed by atoms with Gasteiger partial charge in [0.15, 0.2) is 0 Å². The third-order valence-electron chi connectivity index (χ3n) is 3.23. The van der Waals surface area contributed by atoms with Crippen molar-refractivity contribution in [2.45, 2.75) is 38.3 Å². The second-order valence-corrected chi connectivity index (χ2v) is 5.41. The molecule has 2 rings (SSSR count). The fourth-order valence-electron chi connectivity index (χ4n) is 2.07. The molecule has 1 heterocycles. The maximum Gasteiger partial charge on any atom is 0.0832 e. The summed E-state index contributed by atoms with van der Waals surface area (Å²) in [4.78, 5) is 0. The number of rotatable bonds is 1. The van der Waals surface area contributed by atoms with Gasteiger partial charge in [0, 0.05) is 27.7 Å². The molecule has 0 saturated carbocycles. The average Bonchev–Trinajstić information content (AvgIpc) is 2.20. The van der Waals surface area contributed by atoms with Crippen LogP contribution >= 0.6 is 15.9 Å². The van der Waals surface area contributed by atoms with Crippen LogP contribution in [-0.2, 0) is 0 Å². The Bertz CT molecular complexity index is 380. The van der Waals surface area contributed by atoms with Crippen molar-refractivity contribution < 1.29 is 5.11 Å². The van der Waals surface area contributed by atoms with Gasteiger partial charge in [0.05, 0.1) is 6.10 Å². The minimum Gasteiger partial charge on any atom is -0.388 e. The smallest absolute Gasteiger partial charge is 0.0832 e. The molecule has 2 N–H and O–H groups in total. The van der Waals surface area contributed by atoms with E-state index in [9.17, 15) is 5.11 Å². The summed E-state index contributed by atoms with van der Waals surface area (Å²) in [5.74, 6) is 0. The van der Waals surface area contributed by atoms with Crippen molar-refractivity contribution in [3.05, 3.63) is 28.2 Å². The molecule has 82 valence electrons. The molecule has 3 heteroatoms. The van der Waals surface area contributed by atoms with E-state index in [0.29, 0.717) is 0 Å². The molecule has 0 aromatic heterocycles. The molecule has 0 aliphatic carbocycles. The summed E-state index contributed by atoms with van der Waals surface area (Å²) in [5.41, 5.74) is 2.07. The van der Waals surface area contributed by atoms with Gasteiger partial charge < -0.3 is 10.4 Å².